The van der Waals surface area contributed by atoms with E-state index in [1.807, 2.05) is 0 Å². The van der Waals surface area contributed by atoms with Crippen LogP contribution in [0.5, 0.6) is 5.75 Å². The summed E-state index contributed by atoms with van der Waals surface area (Å²) in [6, 6.07) is 7.85. The van der Waals surface area contributed by atoms with E-state index in [1.54, 1.807) is 0 Å². The van der Waals surface area contributed by atoms with E-state index in [4.69, 9.17) is 27.9 Å². The van der Waals surface area contributed by atoms with E-state index in [2.05, 4.69) is 10.1 Å². The molecule has 0 saturated carbocycles. The van der Waals surface area contributed by atoms with Gasteiger partial charge in [0.15, 0.2) is 21.4 Å². The van der Waals surface area contributed by atoms with Crippen LogP contribution in [0.3, 0.4) is 0 Å². The van der Waals surface area contributed by atoms with E-state index < -0.39 is 21.8 Å². The van der Waals surface area contributed by atoms with E-state index in [1.165, 1.54) is 43.5 Å². The number of hydrogen-bond acceptors (Lipinski definition) is 5. The molecule has 29 heavy (non-hydrogen) atoms. The molecule has 0 spiro atoms. The summed E-state index contributed by atoms with van der Waals surface area (Å²) in [6.07, 6.45) is -3.78. The van der Waals surface area contributed by atoms with Crippen LogP contribution in [-0.4, -0.2) is 36.5 Å². The lowest BCUT2D eigenvalue weighted by atomic mass is 10.2. The molecule has 1 aromatic heterocycles. The van der Waals surface area contributed by atoms with Crippen LogP contribution in [-0.2, 0) is 16.0 Å². The van der Waals surface area contributed by atoms with Gasteiger partial charge in [0.25, 0.3) is 5.82 Å². The molecule has 0 bridgehead atoms. The Morgan fingerprint density at radius 2 is 1.62 bits per heavy atom. The fourth-order valence-electron chi connectivity index (χ4n) is 2.52. The second-order valence-electron chi connectivity index (χ2n) is 5.91. The van der Waals surface area contributed by atoms with Gasteiger partial charge in [-0.1, -0.05) is 23.2 Å². The third-order valence-corrected chi connectivity index (χ3v) is 5.52. The molecule has 0 unspecified atom stereocenters. The van der Waals surface area contributed by atoms with Crippen molar-refractivity contribution in [2.75, 3.05) is 13.4 Å². The topological polar surface area (TPSA) is 74.1 Å². The molecule has 2 aromatic carbocycles. The first-order chi connectivity index (χ1) is 13.4. The van der Waals surface area contributed by atoms with Crippen molar-refractivity contribution in [2.45, 2.75) is 11.1 Å². The molecule has 0 fully saturated rings. The summed E-state index contributed by atoms with van der Waals surface area (Å²) in [5.74, 6) is -1.39. The molecule has 6 nitrogen and oxygen atoms in total. The van der Waals surface area contributed by atoms with Crippen molar-refractivity contribution >= 4 is 33.0 Å². The minimum Gasteiger partial charge on any atom is -0.494 e. The Labute approximate surface area is 173 Å². The summed E-state index contributed by atoms with van der Waals surface area (Å²) >= 11 is 12.2. The Hall–Kier alpha value is -2.30. The third kappa shape index (κ3) is 4.34. The zero-order valence-electron chi connectivity index (χ0n) is 14.8. The second kappa shape index (κ2) is 7.51. The molecule has 0 radical (unpaired) electrons. The molecule has 0 atom stereocenters. The fourth-order valence-corrected chi connectivity index (χ4v) is 3.79. The Bertz CT molecular complexity index is 1150. The first-order valence-corrected chi connectivity index (χ1v) is 10.4. The number of ether oxygens (including phenoxy) is 1. The van der Waals surface area contributed by atoms with Crippen molar-refractivity contribution in [1.82, 2.24) is 14.8 Å². The predicted molar refractivity (Wildman–Crippen MR) is 101 cm³/mol. The van der Waals surface area contributed by atoms with E-state index in [0.29, 0.717) is 0 Å². The van der Waals surface area contributed by atoms with E-state index in [-0.39, 0.29) is 37.8 Å². The number of aromatic nitrogens is 3. The van der Waals surface area contributed by atoms with Gasteiger partial charge in [0.2, 0.25) is 0 Å². The first-order valence-electron chi connectivity index (χ1n) is 7.80. The molecule has 0 saturated heterocycles. The summed E-state index contributed by atoms with van der Waals surface area (Å²) in [6.45, 7) is 0. The maximum Gasteiger partial charge on any atom is 0.453 e. The minimum atomic E-state index is -4.80. The van der Waals surface area contributed by atoms with Gasteiger partial charge in [0, 0.05) is 11.8 Å². The smallest absolute Gasteiger partial charge is 0.453 e. The number of alkyl halides is 3. The highest BCUT2D eigenvalue weighted by Gasteiger charge is 2.37. The average Bonchev–Trinajstić information content (AvgIpc) is 3.06. The standard InChI is InChI=1S/C17H12Cl2F3N3O3S/c1-28-14-12(18)7-9(8-13(14)19)15-23-16(17(20,21)22)24-25(15)10-3-5-11(6-4-10)29(2,26)27/h3-8H,1-2H3. The number of methoxy groups -OCH3 is 1. The van der Waals surface area contributed by atoms with Crippen LogP contribution in [0.2, 0.25) is 10.0 Å². The second-order valence-corrected chi connectivity index (χ2v) is 8.74. The molecule has 0 amide bonds. The lowest BCUT2D eigenvalue weighted by Crippen LogP contribution is -2.08. The van der Waals surface area contributed by atoms with Gasteiger partial charge < -0.3 is 4.74 Å². The third-order valence-electron chi connectivity index (χ3n) is 3.83. The summed E-state index contributed by atoms with van der Waals surface area (Å²) in [7, 11) is -2.13. The van der Waals surface area contributed by atoms with Crippen LogP contribution in [0.1, 0.15) is 5.82 Å². The van der Waals surface area contributed by atoms with Crippen LogP contribution in [0.15, 0.2) is 41.3 Å². The summed E-state index contributed by atoms with van der Waals surface area (Å²) in [5, 5.41) is 3.68. The van der Waals surface area contributed by atoms with E-state index in [0.717, 1.165) is 10.9 Å². The lowest BCUT2D eigenvalue weighted by molar-refractivity contribution is -0.144. The number of hydrogen-bond donors (Lipinski definition) is 0. The number of sulfone groups is 1. The molecular weight excluding hydrogens is 454 g/mol. The van der Waals surface area contributed by atoms with Gasteiger partial charge in [-0.25, -0.2) is 18.1 Å². The van der Waals surface area contributed by atoms with Crippen molar-refractivity contribution < 1.29 is 26.3 Å². The minimum absolute atomic E-state index is 0.00879. The number of benzene rings is 2. The van der Waals surface area contributed by atoms with E-state index >= 15 is 0 Å². The molecule has 0 N–H and O–H groups in total. The van der Waals surface area contributed by atoms with Crippen LogP contribution in [0.4, 0.5) is 13.2 Å². The highest BCUT2D eigenvalue weighted by molar-refractivity contribution is 7.90. The Balaban J connectivity index is 2.22. The SMILES string of the molecule is COc1c(Cl)cc(-c2nc(C(F)(F)F)nn2-c2ccc(S(C)(=O)=O)cc2)cc1Cl. The number of halogens is 5. The maximum absolute atomic E-state index is 13.2. The molecule has 12 heteroatoms. The van der Waals surface area contributed by atoms with Crippen LogP contribution < -0.4 is 4.74 Å². The highest BCUT2D eigenvalue weighted by Crippen LogP contribution is 2.38. The van der Waals surface area contributed by atoms with Gasteiger partial charge in [0.1, 0.15) is 0 Å². The molecule has 1 heterocycles. The van der Waals surface area contributed by atoms with Gasteiger partial charge in [-0.3, -0.25) is 0 Å². The fraction of sp³-hybridized carbons (Fsp3) is 0.176. The number of rotatable bonds is 4. The zero-order valence-corrected chi connectivity index (χ0v) is 17.2. The van der Waals surface area contributed by atoms with Gasteiger partial charge in [0.05, 0.1) is 27.7 Å². The monoisotopic (exact) mass is 465 g/mol. The first kappa shape index (κ1) is 21.4. The summed E-state index contributed by atoms with van der Waals surface area (Å²) in [5.41, 5.74) is 0.328. The maximum atomic E-state index is 13.2. The number of nitrogens with zero attached hydrogens (tertiary/aromatic N) is 3. The van der Waals surface area contributed by atoms with Crippen molar-refractivity contribution in [3.63, 3.8) is 0 Å². The largest absolute Gasteiger partial charge is 0.494 e. The lowest BCUT2D eigenvalue weighted by Gasteiger charge is -2.10. The van der Waals surface area contributed by atoms with Gasteiger partial charge in [-0.15, -0.1) is 5.10 Å². The molecule has 154 valence electrons. The summed E-state index contributed by atoms with van der Waals surface area (Å²) in [4.78, 5) is 3.60. The summed E-state index contributed by atoms with van der Waals surface area (Å²) < 4.78 is 68.9. The highest BCUT2D eigenvalue weighted by atomic mass is 35.5. The zero-order chi connectivity index (χ0) is 21.6. The predicted octanol–water partition coefficient (Wildman–Crippen LogP) is 4.67. The quantitative estimate of drug-likeness (QED) is 0.559. The molecule has 3 aromatic rings. The van der Waals surface area contributed by atoms with Crippen molar-refractivity contribution in [3.05, 3.63) is 52.3 Å². The normalized spacial score (nSPS) is 12.2. The average molecular weight is 466 g/mol. The molecule has 3 rings (SSSR count). The van der Waals surface area contributed by atoms with Crippen LogP contribution >= 0.6 is 23.2 Å². The van der Waals surface area contributed by atoms with Gasteiger partial charge in [-0.2, -0.15) is 13.2 Å². The van der Waals surface area contributed by atoms with Crippen LogP contribution in [0, 0.1) is 0 Å². The van der Waals surface area contributed by atoms with Crippen molar-refractivity contribution in [2.24, 2.45) is 0 Å². The molecule has 0 aliphatic heterocycles. The molecule has 0 aliphatic rings. The van der Waals surface area contributed by atoms with Crippen molar-refractivity contribution in [1.29, 1.82) is 0 Å². The Kier molecular flexibility index (Phi) is 5.54. The van der Waals surface area contributed by atoms with E-state index in [9.17, 15) is 21.6 Å². The molecular formula is C17H12Cl2F3N3O3S. The van der Waals surface area contributed by atoms with Crippen LogP contribution in [0.25, 0.3) is 17.1 Å². The Morgan fingerprint density at radius 3 is 2.07 bits per heavy atom. The van der Waals surface area contributed by atoms with Gasteiger partial charge >= 0.3 is 6.18 Å². The molecule has 0 aliphatic carbocycles. The van der Waals surface area contributed by atoms with Crippen molar-refractivity contribution in [3.8, 4) is 22.8 Å². The van der Waals surface area contributed by atoms with Gasteiger partial charge in [-0.05, 0) is 36.4 Å². The Morgan fingerprint density at radius 1 is 1.07 bits per heavy atom.